The molecule has 1 unspecified atom stereocenters. The van der Waals surface area contributed by atoms with E-state index in [1.54, 1.807) is 22.9 Å². The standard InChI is InChI=1S/C16H26N2O3/c1-3-9-18-12-13(11-14(18)19)15(20)17(2)10-8-16(21)6-4-5-7-16/h3,13,21H,1,4-12H2,2H3. The zero-order valence-corrected chi connectivity index (χ0v) is 12.9. The number of aliphatic hydroxyl groups is 1. The Hall–Kier alpha value is -1.36. The number of hydrogen-bond donors (Lipinski definition) is 1. The van der Waals surface area contributed by atoms with E-state index < -0.39 is 5.60 Å². The van der Waals surface area contributed by atoms with Gasteiger partial charge in [0.15, 0.2) is 0 Å². The molecule has 21 heavy (non-hydrogen) atoms. The van der Waals surface area contributed by atoms with E-state index in [-0.39, 0.29) is 17.7 Å². The summed E-state index contributed by atoms with van der Waals surface area (Å²) in [4.78, 5) is 27.5. The van der Waals surface area contributed by atoms with Gasteiger partial charge >= 0.3 is 0 Å². The second kappa shape index (κ2) is 6.60. The second-order valence-corrected chi connectivity index (χ2v) is 6.43. The Kier molecular flexibility index (Phi) is 5.04. The van der Waals surface area contributed by atoms with Crippen LogP contribution in [-0.2, 0) is 9.59 Å². The van der Waals surface area contributed by atoms with Crippen LogP contribution in [0.4, 0.5) is 0 Å². The molecule has 0 aromatic rings. The maximum Gasteiger partial charge on any atom is 0.227 e. The predicted octanol–water partition coefficient (Wildman–Crippen LogP) is 1.17. The Morgan fingerprint density at radius 3 is 2.81 bits per heavy atom. The minimum Gasteiger partial charge on any atom is -0.390 e. The molecular weight excluding hydrogens is 268 g/mol. The van der Waals surface area contributed by atoms with Crippen LogP contribution in [0.25, 0.3) is 0 Å². The van der Waals surface area contributed by atoms with Gasteiger partial charge in [0, 0.05) is 33.1 Å². The maximum atomic E-state index is 12.4. The van der Waals surface area contributed by atoms with Crippen molar-refractivity contribution >= 4 is 11.8 Å². The molecule has 1 atom stereocenters. The van der Waals surface area contributed by atoms with Crippen LogP contribution in [-0.4, -0.2) is 59.0 Å². The van der Waals surface area contributed by atoms with E-state index in [9.17, 15) is 14.7 Å². The largest absolute Gasteiger partial charge is 0.390 e. The Morgan fingerprint density at radius 1 is 1.52 bits per heavy atom. The summed E-state index contributed by atoms with van der Waals surface area (Å²) in [7, 11) is 1.77. The van der Waals surface area contributed by atoms with E-state index in [2.05, 4.69) is 6.58 Å². The van der Waals surface area contributed by atoms with Crippen molar-refractivity contribution in [2.45, 2.75) is 44.1 Å². The fraction of sp³-hybridized carbons (Fsp3) is 0.750. The minimum absolute atomic E-state index is 0.0107. The Morgan fingerprint density at radius 2 is 2.19 bits per heavy atom. The molecule has 5 heteroatoms. The summed E-state index contributed by atoms with van der Waals surface area (Å²) in [5.74, 6) is -0.215. The first kappa shape index (κ1) is 16.0. The quantitative estimate of drug-likeness (QED) is 0.748. The van der Waals surface area contributed by atoms with Gasteiger partial charge in [-0.05, 0) is 19.3 Å². The molecule has 1 aliphatic heterocycles. The smallest absolute Gasteiger partial charge is 0.227 e. The molecule has 1 saturated heterocycles. The molecule has 0 aromatic heterocycles. The predicted molar refractivity (Wildman–Crippen MR) is 80.6 cm³/mol. The molecule has 1 saturated carbocycles. The highest BCUT2D eigenvalue weighted by Crippen LogP contribution is 2.32. The topological polar surface area (TPSA) is 60.9 Å². The summed E-state index contributed by atoms with van der Waals surface area (Å²) in [6.45, 7) is 5.18. The summed E-state index contributed by atoms with van der Waals surface area (Å²) in [5, 5.41) is 10.3. The molecule has 1 heterocycles. The van der Waals surface area contributed by atoms with Gasteiger partial charge in [0.25, 0.3) is 0 Å². The van der Waals surface area contributed by atoms with Gasteiger partial charge in [-0.1, -0.05) is 18.9 Å². The molecule has 118 valence electrons. The molecule has 0 radical (unpaired) electrons. The summed E-state index contributed by atoms with van der Waals surface area (Å²) >= 11 is 0. The first-order chi connectivity index (χ1) is 9.95. The van der Waals surface area contributed by atoms with Crippen LogP contribution in [0.2, 0.25) is 0 Å². The Balaban J connectivity index is 1.82. The minimum atomic E-state index is -0.588. The Labute approximate surface area is 126 Å². The third kappa shape index (κ3) is 3.84. The van der Waals surface area contributed by atoms with Crippen LogP contribution < -0.4 is 0 Å². The fourth-order valence-electron chi connectivity index (χ4n) is 3.35. The van der Waals surface area contributed by atoms with E-state index in [0.717, 1.165) is 25.7 Å². The number of carbonyl (C=O) groups excluding carboxylic acids is 2. The monoisotopic (exact) mass is 294 g/mol. The summed E-state index contributed by atoms with van der Waals surface area (Å²) < 4.78 is 0. The first-order valence-electron chi connectivity index (χ1n) is 7.81. The number of amides is 2. The fourth-order valence-corrected chi connectivity index (χ4v) is 3.35. The van der Waals surface area contributed by atoms with Gasteiger partial charge in [0.05, 0.1) is 11.5 Å². The van der Waals surface area contributed by atoms with Crippen molar-refractivity contribution in [3.8, 4) is 0 Å². The molecule has 2 fully saturated rings. The number of nitrogens with zero attached hydrogens (tertiary/aromatic N) is 2. The molecule has 2 rings (SSSR count). The average molecular weight is 294 g/mol. The first-order valence-corrected chi connectivity index (χ1v) is 7.81. The third-order valence-electron chi connectivity index (χ3n) is 4.74. The summed E-state index contributed by atoms with van der Waals surface area (Å²) in [6, 6.07) is 0. The lowest BCUT2D eigenvalue weighted by Gasteiger charge is -2.27. The number of likely N-dealkylation sites (tertiary alicyclic amines) is 1. The normalized spacial score (nSPS) is 24.4. The highest BCUT2D eigenvalue weighted by atomic mass is 16.3. The van der Waals surface area contributed by atoms with Gasteiger partial charge < -0.3 is 14.9 Å². The zero-order chi connectivity index (χ0) is 15.5. The molecule has 1 N–H and O–H groups in total. The molecule has 0 bridgehead atoms. The van der Waals surface area contributed by atoms with Crippen LogP contribution in [0.5, 0.6) is 0 Å². The van der Waals surface area contributed by atoms with E-state index in [1.165, 1.54) is 0 Å². The zero-order valence-electron chi connectivity index (χ0n) is 12.9. The van der Waals surface area contributed by atoms with Crippen LogP contribution in [0, 0.1) is 5.92 Å². The lowest BCUT2D eigenvalue weighted by Crippen LogP contribution is -2.38. The number of carbonyl (C=O) groups is 2. The van der Waals surface area contributed by atoms with Gasteiger partial charge in [0.1, 0.15) is 0 Å². The lowest BCUT2D eigenvalue weighted by atomic mass is 9.97. The average Bonchev–Trinajstić information content (AvgIpc) is 3.04. The van der Waals surface area contributed by atoms with E-state index in [4.69, 9.17) is 0 Å². The number of rotatable bonds is 6. The van der Waals surface area contributed by atoms with Crippen LogP contribution >= 0.6 is 0 Å². The van der Waals surface area contributed by atoms with Gasteiger partial charge in [-0.15, -0.1) is 6.58 Å². The van der Waals surface area contributed by atoms with Gasteiger partial charge in [-0.25, -0.2) is 0 Å². The van der Waals surface area contributed by atoms with Crippen LogP contribution in [0.1, 0.15) is 38.5 Å². The molecule has 1 aliphatic carbocycles. The maximum absolute atomic E-state index is 12.4. The van der Waals surface area contributed by atoms with E-state index >= 15 is 0 Å². The van der Waals surface area contributed by atoms with Gasteiger partial charge in [-0.3, -0.25) is 9.59 Å². The Bertz CT molecular complexity index is 416. The molecule has 0 spiro atoms. The van der Waals surface area contributed by atoms with E-state index in [0.29, 0.717) is 32.5 Å². The van der Waals surface area contributed by atoms with Crippen molar-refractivity contribution in [2.75, 3.05) is 26.7 Å². The summed E-state index contributed by atoms with van der Waals surface area (Å²) in [5.41, 5.74) is -0.588. The molecule has 2 amide bonds. The lowest BCUT2D eigenvalue weighted by molar-refractivity contribution is -0.135. The number of hydrogen-bond acceptors (Lipinski definition) is 3. The molecular formula is C16H26N2O3. The molecule has 0 aromatic carbocycles. The highest BCUT2D eigenvalue weighted by molar-refractivity contribution is 5.89. The van der Waals surface area contributed by atoms with E-state index in [1.807, 2.05) is 0 Å². The third-order valence-corrected chi connectivity index (χ3v) is 4.74. The van der Waals surface area contributed by atoms with Crippen molar-refractivity contribution in [3.05, 3.63) is 12.7 Å². The van der Waals surface area contributed by atoms with Crippen molar-refractivity contribution in [2.24, 2.45) is 5.92 Å². The van der Waals surface area contributed by atoms with Crippen molar-refractivity contribution in [1.29, 1.82) is 0 Å². The SMILES string of the molecule is C=CCN1CC(C(=O)N(C)CCC2(O)CCCC2)CC1=O. The molecule has 5 nitrogen and oxygen atoms in total. The van der Waals surface area contributed by atoms with Crippen molar-refractivity contribution < 1.29 is 14.7 Å². The van der Waals surface area contributed by atoms with Crippen molar-refractivity contribution in [3.63, 3.8) is 0 Å². The van der Waals surface area contributed by atoms with Crippen molar-refractivity contribution in [1.82, 2.24) is 9.80 Å². The van der Waals surface area contributed by atoms with Crippen LogP contribution in [0.15, 0.2) is 12.7 Å². The van der Waals surface area contributed by atoms with Gasteiger partial charge in [-0.2, -0.15) is 0 Å². The van der Waals surface area contributed by atoms with Crippen LogP contribution in [0.3, 0.4) is 0 Å². The molecule has 2 aliphatic rings. The second-order valence-electron chi connectivity index (χ2n) is 6.43. The van der Waals surface area contributed by atoms with Gasteiger partial charge in [0.2, 0.25) is 11.8 Å². The highest BCUT2D eigenvalue weighted by Gasteiger charge is 2.36. The summed E-state index contributed by atoms with van der Waals surface area (Å²) in [6.07, 6.45) is 6.43.